The van der Waals surface area contributed by atoms with Crippen molar-refractivity contribution in [2.24, 2.45) is 0 Å². The number of carbonyl (C=O) groups excluding carboxylic acids is 1. The second-order valence-corrected chi connectivity index (χ2v) is 8.09. The second-order valence-electron chi connectivity index (χ2n) is 6.63. The van der Waals surface area contributed by atoms with Gasteiger partial charge in [0.25, 0.3) is 5.24 Å². The lowest BCUT2D eigenvalue weighted by molar-refractivity contribution is 0.0696. The molecule has 1 aliphatic heterocycles. The molecular weight excluding hydrogens is 426 g/mol. The van der Waals surface area contributed by atoms with Crippen LogP contribution in [0.4, 0.5) is 4.79 Å². The summed E-state index contributed by atoms with van der Waals surface area (Å²) >= 11 is 6.84. The van der Waals surface area contributed by atoms with Crippen molar-refractivity contribution in [3.63, 3.8) is 0 Å². The molecule has 0 bridgehead atoms. The van der Waals surface area contributed by atoms with Gasteiger partial charge in [0.1, 0.15) is 11.5 Å². The third-order valence-electron chi connectivity index (χ3n) is 4.58. The summed E-state index contributed by atoms with van der Waals surface area (Å²) in [5, 5.41) is 19.9. The molecule has 1 atom stereocenters. The van der Waals surface area contributed by atoms with Crippen LogP contribution in [0.3, 0.4) is 0 Å². The first-order chi connectivity index (χ1) is 14.4. The molecule has 3 aromatic rings. The minimum absolute atomic E-state index is 0.192. The number of aliphatic hydroxyl groups excluding tert-OH is 1. The molecule has 1 aliphatic rings. The van der Waals surface area contributed by atoms with Gasteiger partial charge in [0.05, 0.1) is 5.56 Å². The maximum atomic E-state index is 12.4. The van der Waals surface area contributed by atoms with Gasteiger partial charge in [-0.3, -0.25) is 9.69 Å². The molecule has 2 aromatic carbocycles. The summed E-state index contributed by atoms with van der Waals surface area (Å²) in [7, 11) is 0. The fourth-order valence-corrected chi connectivity index (χ4v) is 4.03. The summed E-state index contributed by atoms with van der Waals surface area (Å²) in [6, 6.07) is 16.9. The van der Waals surface area contributed by atoms with Gasteiger partial charge in [-0.2, -0.15) is 0 Å². The monoisotopic (exact) mass is 441 g/mol. The molecule has 8 heteroatoms. The molecule has 1 fully saturated rings. The van der Waals surface area contributed by atoms with E-state index in [2.05, 4.69) is 0 Å². The molecular formula is C22H16ClNO5S. The van der Waals surface area contributed by atoms with Crippen LogP contribution < -0.4 is 0 Å². The molecule has 1 aromatic heterocycles. The Morgan fingerprint density at radius 2 is 1.80 bits per heavy atom. The van der Waals surface area contributed by atoms with Crippen LogP contribution in [0.25, 0.3) is 17.4 Å². The van der Waals surface area contributed by atoms with Crippen LogP contribution in [0.1, 0.15) is 21.7 Å². The highest BCUT2D eigenvalue weighted by molar-refractivity contribution is 8.17. The van der Waals surface area contributed by atoms with Crippen molar-refractivity contribution >= 4 is 40.6 Å². The largest absolute Gasteiger partial charge is 0.478 e. The van der Waals surface area contributed by atoms with Crippen molar-refractivity contribution in [1.82, 2.24) is 4.90 Å². The summed E-state index contributed by atoms with van der Waals surface area (Å²) in [5.74, 6) is 0.0436. The predicted molar refractivity (Wildman–Crippen MR) is 115 cm³/mol. The lowest BCUT2D eigenvalue weighted by Gasteiger charge is -2.19. The number of halogens is 1. The Morgan fingerprint density at radius 3 is 2.47 bits per heavy atom. The fourth-order valence-electron chi connectivity index (χ4n) is 3.01. The Morgan fingerprint density at radius 1 is 1.10 bits per heavy atom. The number of furan rings is 1. The number of nitrogens with zero attached hydrogens (tertiary/aromatic N) is 1. The van der Waals surface area contributed by atoms with Gasteiger partial charge in [0.2, 0.25) is 0 Å². The van der Waals surface area contributed by atoms with Gasteiger partial charge in [-0.05, 0) is 59.8 Å². The maximum absolute atomic E-state index is 12.4. The van der Waals surface area contributed by atoms with E-state index in [-0.39, 0.29) is 17.3 Å². The lowest BCUT2D eigenvalue weighted by Crippen LogP contribution is -2.31. The van der Waals surface area contributed by atoms with Crippen LogP contribution in [0, 0.1) is 0 Å². The van der Waals surface area contributed by atoms with Gasteiger partial charge in [-0.25, -0.2) is 4.79 Å². The van der Waals surface area contributed by atoms with Crippen LogP contribution >= 0.6 is 23.4 Å². The average Bonchev–Trinajstić information content (AvgIpc) is 3.30. The predicted octanol–water partition coefficient (Wildman–Crippen LogP) is 5.33. The smallest absolute Gasteiger partial charge is 0.335 e. The molecule has 1 saturated heterocycles. The fraction of sp³-hybridized carbons (Fsp3) is 0.0909. The highest BCUT2D eigenvalue weighted by atomic mass is 35.5. The van der Waals surface area contributed by atoms with Crippen molar-refractivity contribution in [3.8, 4) is 11.3 Å². The van der Waals surface area contributed by atoms with E-state index in [9.17, 15) is 14.7 Å². The number of carbonyl (C=O) groups is 2. The number of thioether (sulfide) groups is 1. The summed E-state index contributed by atoms with van der Waals surface area (Å²) in [6.07, 6.45) is 0.561. The first kappa shape index (κ1) is 20.3. The molecule has 0 aliphatic carbocycles. The number of aromatic carboxylic acids is 1. The molecule has 152 valence electrons. The van der Waals surface area contributed by atoms with Crippen LogP contribution in [-0.2, 0) is 6.54 Å². The Labute approximate surface area is 181 Å². The molecule has 0 saturated carbocycles. The number of carboxylic acid groups (broad SMARTS) is 1. The van der Waals surface area contributed by atoms with E-state index in [0.29, 0.717) is 21.4 Å². The van der Waals surface area contributed by atoms with E-state index >= 15 is 0 Å². The molecule has 1 amide bonds. The summed E-state index contributed by atoms with van der Waals surface area (Å²) < 4.78 is 5.79. The van der Waals surface area contributed by atoms with Gasteiger partial charge < -0.3 is 14.6 Å². The van der Waals surface area contributed by atoms with Gasteiger partial charge in [0, 0.05) is 22.0 Å². The van der Waals surface area contributed by atoms with Gasteiger partial charge in [-0.1, -0.05) is 35.9 Å². The Balaban J connectivity index is 1.50. The highest BCUT2D eigenvalue weighted by Gasteiger charge is 2.35. The molecule has 30 heavy (non-hydrogen) atoms. The topological polar surface area (TPSA) is 91.0 Å². The second kappa shape index (κ2) is 8.39. The van der Waals surface area contributed by atoms with E-state index in [1.807, 2.05) is 12.1 Å². The number of hydrogen-bond donors (Lipinski definition) is 2. The molecule has 2 heterocycles. The molecule has 0 spiro atoms. The first-order valence-corrected chi connectivity index (χ1v) is 10.2. The molecule has 6 nitrogen and oxygen atoms in total. The SMILES string of the molecule is O=C(O)c1ccc(-c2ccc(/C=C3\SC(=O)N(Cc4ccc(Cl)cc4)C3O)o2)cc1. The van der Waals surface area contributed by atoms with Crippen molar-refractivity contribution in [3.05, 3.63) is 87.5 Å². The van der Waals surface area contributed by atoms with Crippen molar-refractivity contribution in [1.29, 1.82) is 0 Å². The zero-order chi connectivity index (χ0) is 21.3. The summed E-state index contributed by atoms with van der Waals surface area (Å²) in [5.41, 5.74) is 1.78. The number of aliphatic hydroxyl groups is 1. The average molecular weight is 442 g/mol. The van der Waals surface area contributed by atoms with Gasteiger partial charge in [0.15, 0.2) is 6.23 Å². The van der Waals surface area contributed by atoms with Crippen molar-refractivity contribution in [2.45, 2.75) is 12.8 Å². The van der Waals surface area contributed by atoms with Gasteiger partial charge in [-0.15, -0.1) is 0 Å². The number of hydrogen-bond acceptors (Lipinski definition) is 5. The van der Waals surface area contributed by atoms with E-state index in [1.54, 1.807) is 42.5 Å². The quantitative estimate of drug-likeness (QED) is 0.556. The van der Waals surface area contributed by atoms with Crippen LogP contribution in [0.15, 0.2) is 70.0 Å². The van der Waals surface area contributed by atoms with E-state index < -0.39 is 12.2 Å². The third kappa shape index (κ3) is 4.28. The Kier molecular flexibility index (Phi) is 5.67. The minimum Gasteiger partial charge on any atom is -0.478 e. The van der Waals surface area contributed by atoms with E-state index in [0.717, 1.165) is 22.9 Å². The molecule has 2 N–H and O–H groups in total. The van der Waals surface area contributed by atoms with Crippen LogP contribution in [0.5, 0.6) is 0 Å². The highest BCUT2D eigenvalue weighted by Crippen LogP contribution is 2.37. The van der Waals surface area contributed by atoms with Gasteiger partial charge >= 0.3 is 5.97 Å². The minimum atomic E-state index is -1.07. The molecule has 1 unspecified atom stereocenters. The zero-order valence-electron chi connectivity index (χ0n) is 15.5. The Hall–Kier alpha value is -3.00. The van der Waals surface area contributed by atoms with Crippen LogP contribution in [-0.4, -0.2) is 32.5 Å². The van der Waals surface area contributed by atoms with E-state index in [1.165, 1.54) is 17.0 Å². The number of carboxylic acids is 1. The molecule has 0 radical (unpaired) electrons. The third-order valence-corrected chi connectivity index (χ3v) is 5.81. The van der Waals surface area contributed by atoms with Crippen molar-refractivity contribution in [2.75, 3.05) is 0 Å². The summed E-state index contributed by atoms with van der Waals surface area (Å²) in [4.78, 5) is 25.2. The van der Waals surface area contributed by atoms with E-state index in [4.69, 9.17) is 21.1 Å². The number of amides is 1. The Bertz CT molecular complexity index is 1120. The summed E-state index contributed by atoms with van der Waals surface area (Å²) in [6.45, 7) is 0.265. The molecule has 4 rings (SSSR count). The number of rotatable bonds is 5. The maximum Gasteiger partial charge on any atom is 0.335 e. The van der Waals surface area contributed by atoms with Crippen molar-refractivity contribution < 1.29 is 24.2 Å². The van der Waals surface area contributed by atoms with Crippen LogP contribution in [0.2, 0.25) is 5.02 Å². The lowest BCUT2D eigenvalue weighted by atomic mass is 10.1. The normalized spacial score (nSPS) is 17.7. The zero-order valence-corrected chi connectivity index (χ0v) is 17.1. The standard InChI is InChI=1S/C22H16ClNO5S/c23-16-7-1-13(2-8-16)12-24-20(25)19(30-22(24)28)11-17-9-10-18(29-17)14-3-5-15(6-4-14)21(26)27/h1-11,20,25H,12H2,(H,26,27)/b19-11-. The number of benzene rings is 2. The first-order valence-electron chi connectivity index (χ1n) is 8.97.